The Bertz CT molecular complexity index is 1240. The summed E-state index contributed by atoms with van der Waals surface area (Å²) in [5, 5.41) is 0. The molecule has 6 heteroatoms. The monoisotopic (exact) mass is 411 g/mol. The number of esters is 1. The van der Waals surface area contributed by atoms with E-state index in [-0.39, 0.29) is 18.9 Å². The van der Waals surface area contributed by atoms with Gasteiger partial charge in [0.1, 0.15) is 12.4 Å². The predicted octanol–water partition coefficient (Wildman–Crippen LogP) is 4.37. The first kappa shape index (κ1) is 19.1. The molecular weight excluding hydrogens is 390 g/mol. The van der Waals surface area contributed by atoms with Gasteiger partial charge in [-0.25, -0.2) is 9.78 Å². The molecule has 0 atom stereocenters. The second-order valence-corrected chi connectivity index (χ2v) is 7.46. The highest BCUT2D eigenvalue weighted by molar-refractivity contribution is 5.98. The highest BCUT2D eigenvalue weighted by Crippen LogP contribution is 2.28. The van der Waals surface area contributed by atoms with Gasteiger partial charge in [0.05, 0.1) is 23.0 Å². The second-order valence-electron chi connectivity index (χ2n) is 7.46. The summed E-state index contributed by atoms with van der Waals surface area (Å²) in [4.78, 5) is 35.0. The van der Waals surface area contributed by atoms with Crippen molar-refractivity contribution in [3.05, 3.63) is 83.9 Å². The maximum absolute atomic E-state index is 12.8. The topological polar surface area (TPSA) is 75.3 Å². The summed E-state index contributed by atoms with van der Waals surface area (Å²) in [5.41, 5.74) is 4.94. The fourth-order valence-corrected chi connectivity index (χ4v) is 3.99. The first-order chi connectivity index (χ1) is 15.2. The normalized spacial score (nSPS) is 12.7. The maximum Gasteiger partial charge on any atom is 0.338 e. The van der Waals surface area contributed by atoms with Crippen LogP contribution in [0.5, 0.6) is 0 Å². The Balaban J connectivity index is 1.27. The highest BCUT2D eigenvalue weighted by atomic mass is 16.5. The van der Waals surface area contributed by atoms with Crippen LogP contribution in [0.4, 0.5) is 5.69 Å². The molecule has 1 N–H and O–H groups in total. The van der Waals surface area contributed by atoms with E-state index in [0.717, 1.165) is 23.1 Å². The smallest absolute Gasteiger partial charge is 0.338 e. The predicted molar refractivity (Wildman–Crippen MR) is 119 cm³/mol. The molecule has 3 aromatic carbocycles. The molecule has 1 amide bonds. The van der Waals surface area contributed by atoms with Gasteiger partial charge in [0.15, 0.2) is 0 Å². The number of imidazole rings is 1. The maximum atomic E-state index is 12.8. The van der Waals surface area contributed by atoms with Crippen LogP contribution in [0, 0.1) is 0 Å². The van der Waals surface area contributed by atoms with Crippen LogP contribution in [0.15, 0.2) is 72.8 Å². The minimum atomic E-state index is -0.467. The Kier molecular flexibility index (Phi) is 4.96. The van der Waals surface area contributed by atoms with Gasteiger partial charge in [-0.15, -0.1) is 0 Å². The van der Waals surface area contributed by atoms with Crippen molar-refractivity contribution >= 4 is 28.6 Å². The third-order valence-corrected chi connectivity index (χ3v) is 5.53. The highest BCUT2D eigenvalue weighted by Gasteiger charge is 2.24. The van der Waals surface area contributed by atoms with Gasteiger partial charge in [-0.05, 0) is 36.2 Å². The molecule has 0 radical (unpaired) electrons. The average Bonchev–Trinajstić information content (AvgIpc) is 3.43. The lowest BCUT2D eigenvalue weighted by atomic mass is 10.1. The third kappa shape index (κ3) is 3.68. The largest absolute Gasteiger partial charge is 0.462 e. The fraction of sp³-hybridized carbons (Fsp3) is 0.160. The van der Waals surface area contributed by atoms with Gasteiger partial charge in [-0.2, -0.15) is 0 Å². The Labute approximate surface area is 179 Å². The number of nitrogens with one attached hydrogen (secondary N) is 1. The molecule has 1 aliphatic rings. The van der Waals surface area contributed by atoms with Crippen LogP contribution in [0.2, 0.25) is 0 Å². The summed E-state index contributed by atoms with van der Waals surface area (Å²) in [6.07, 6.45) is 0.999. The first-order valence-corrected chi connectivity index (χ1v) is 10.3. The van der Waals surface area contributed by atoms with Crippen LogP contribution in [0.1, 0.15) is 22.3 Å². The number of aromatic nitrogens is 2. The quantitative estimate of drug-likeness (QED) is 0.495. The van der Waals surface area contributed by atoms with Gasteiger partial charge in [-0.1, -0.05) is 48.5 Å². The molecule has 31 heavy (non-hydrogen) atoms. The minimum absolute atomic E-state index is 0.0325. The minimum Gasteiger partial charge on any atom is -0.462 e. The van der Waals surface area contributed by atoms with Crippen LogP contribution in [0.3, 0.4) is 0 Å². The number of anilines is 1. The van der Waals surface area contributed by atoms with Gasteiger partial charge < -0.3 is 14.6 Å². The number of nitrogens with zero attached hydrogens (tertiary/aromatic N) is 2. The Morgan fingerprint density at radius 1 is 0.968 bits per heavy atom. The molecule has 0 bridgehead atoms. The van der Waals surface area contributed by atoms with E-state index in [1.165, 1.54) is 5.56 Å². The van der Waals surface area contributed by atoms with Crippen LogP contribution in [-0.4, -0.2) is 35.0 Å². The van der Waals surface area contributed by atoms with Crippen molar-refractivity contribution in [2.45, 2.75) is 12.8 Å². The van der Waals surface area contributed by atoms with E-state index in [1.54, 1.807) is 17.0 Å². The Morgan fingerprint density at radius 2 is 1.74 bits per heavy atom. The molecule has 0 saturated carbocycles. The fourth-order valence-electron chi connectivity index (χ4n) is 3.99. The van der Waals surface area contributed by atoms with E-state index in [9.17, 15) is 9.59 Å². The number of hydrogen-bond donors (Lipinski definition) is 1. The van der Waals surface area contributed by atoms with Gasteiger partial charge in [0.25, 0.3) is 0 Å². The van der Waals surface area contributed by atoms with Crippen LogP contribution >= 0.6 is 0 Å². The molecule has 154 valence electrons. The van der Waals surface area contributed by atoms with Gasteiger partial charge in [0.2, 0.25) is 5.91 Å². The van der Waals surface area contributed by atoms with Gasteiger partial charge in [-0.3, -0.25) is 4.79 Å². The molecule has 0 saturated heterocycles. The number of carbonyl (C=O) groups excluding carboxylic acids is 2. The van der Waals surface area contributed by atoms with E-state index < -0.39 is 5.97 Å². The summed E-state index contributed by atoms with van der Waals surface area (Å²) < 4.78 is 5.45. The number of aromatic amines is 1. The van der Waals surface area contributed by atoms with Crippen molar-refractivity contribution in [3.63, 3.8) is 0 Å². The van der Waals surface area contributed by atoms with Crippen LogP contribution in [-0.2, 0) is 16.0 Å². The molecule has 2 heterocycles. The molecule has 0 spiro atoms. The van der Waals surface area contributed by atoms with Crippen molar-refractivity contribution in [3.8, 4) is 11.4 Å². The molecule has 1 aliphatic heterocycles. The molecule has 4 aromatic rings. The lowest BCUT2D eigenvalue weighted by Gasteiger charge is -2.17. The number of para-hydroxylation sites is 3. The Morgan fingerprint density at radius 3 is 2.65 bits per heavy atom. The number of ether oxygens (including phenoxy) is 1. The summed E-state index contributed by atoms with van der Waals surface area (Å²) >= 11 is 0. The number of rotatable bonds is 5. The zero-order chi connectivity index (χ0) is 21.2. The number of fused-ring (bicyclic) bond motifs is 2. The van der Waals surface area contributed by atoms with E-state index in [4.69, 9.17) is 4.74 Å². The summed E-state index contributed by atoms with van der Waals surface area (Å²) in [6.45, 7) is 0.700. The van der Waals surface area contributed by atoms with E-state index >= 15 is 0 Å². The molecule has 0 fully saturated rings. The summed E-state index contributed by atoms with van der Waals surface area (Å²) in [7, 11) is 0. The molecular formula is C25H21N3O3. The average molecular weight is 411 g/mol. The standard InChI is InChI=1S/C25H21N3O3/c29-23(28-15-13-17-7-1-6-12-22(17)28)14-16-31-25(30)19-9-3-2-8-18(19)24-26-20-10-4-5-11-21(20)27-24/h1-12H,13-16H2,(H,26,27). The molecule has 6 nitrogen and oxygen atoms in total. The number of hydrogen-bond acceptors (Lipinski definition) is 4. The van der Waals surface area contributed by atoms with E-state index in [1.807, 2.05) is 60.7 Å². The third-order valence-electron chi connectivity index (χ3n) is 5.53. The lowest BCUT2D eigenvalue weighted by Crippen LogP contribution is -2.30. The first-order valence-electron chi connectivity index (χ1n) is 10.3. The molecule has 0 aliphatic carbocycles. The second kappa shape index (κ2) is 8.07. The zero-order valence-corrected chi connectivity index (χ0v) is 16.9. The molecule has 1 aromatic heterocycles. The van der Waals surface area contributed by atoms with E-state index in [0.29, 0.717) is 23.5 Å². The van der Waals surface area contributed by atoms with Crippen LogP contribution < -0.4 is 4.90 Å². The lowest BCUT2D eigenvalue weighted by molar-refractivity contribution is -0.119. The van der Waals surface area contributed by atoms with Crippen LogP contribution in [0.25, 0.3) is 22.4 Å². The van der Waals surface area contributed by atoms with Gasteiger partial charge in [0, 0.05) is 17.8 Å². The number of carbonyl (C=O) groups is 2. The summed E-state index contributed by atoms with van der Waals surface area (Å²) in [6, 6.07) is 22.8. The number of benzene rings is 3. The molecule has 5 rings (SSSR count). The molecule has 0 unspecified atom stereocenters. The van der Waals surface area contributed by atoms with Crippen molar-refractivity contribution in [2.24, 2.45) is 0 Å². The van der Waals surface area contributed by atoms with E-state index in [2.05, 4.69) is 9.97 Å². The van der Waals surface area contributed by atoms with Gasteiger partial charge >= 0.3 is 5.97 Å². The van der Waals surface area contributed by atoms with Crippen molar-refractivity contribution in [1.29, 1.82) is 0 Å². The SMILES string of the molecule is O=C(OCCC(=O)N1CCc2ccccc21)c1ccccc1-c1nc2ccccc2[nH]1. The number of H-pyrrole nitrogens is 1. The Hall–Kier alpha value is -3.93. The summed E-state index contributed by atoms with van der Waals surface area (Å²) in [5.74, 6) is 0.104. The van der Waals surface area contributed by atoms with Crippen molar-refractivity contribution in [1.82, 2.24) is 9.97 Å². The zero-order valence-electron chi connectivity index (χ0n) is 16.9. The van der Waals surface area contributed by atoms with Crippen molar-refractivity contribution in [2.75, 3.05) is 18.1 Å². The number of amides is 1. The van der Waals surface area contributed by atoms with Crippen molar-refractivity contribution < 1.29 is 14.3 Å².